The minimum atomic E-state index is -1.26. The Morgan fingerprint density at radius 1 is 1.23 bits per heavy atom. The first kappa shape index (κ1) is 25.8. The summed E-state index contributed by atoms with van der Waals surface area (Å²) in [6, 6.07) is 12.9. The number of nitrogens with zero attached hydrogens (tertiary/aromatic N) is 1. The number of aryl methyl sites for hydroxylation is 1. The molecule has 4 nitrogen and oxygen atoms in total. The smallest absolute Gasteiger partial charge is 0.222 e. The van der Waals surface area contributed by atoms with Crippen LogP contribution in [0.5, 0.6) is 0 Å². The van der Waals surface area contributed by atoms with Gasteiger partial charge in [0.05, 0.1) is 5.60 Å². The molecule has 2 aromatic carbocycles. The Labute approximate surface area is 209 Å². The standard InChI is InChI=1S/C30H40FN2O2/c1-3-15-30(35,25-12-8-17-33(21-25)28(34)19-23-10-7-16-32-20-23)26-13-6-14-27(31)29(26)24-11-5-9-22(4-2)18-24/h5-6,9,11,13-14,18,23,25,32,35H,1,3-4,7-8,10,12,15-17,19-21H2,2H3. The Bertz CT molecular complexity index is 1000. The normalized spacial score (nSPS) is 22.6. The first-order valence-electron chi connectivity index (χ1n) is 13.3. The molecule has 35 heavy (non-hydrogen) atoms. The molecule has 189 valence electrons. The van der Waals surface area contributed by atoms with Crippen LogP contribution in [-0.2, 0) is 16.8 Å². The van der Waals surface area contributed by atoms with Crippen LogP contribution in [0, 0.1) is 24.6 Å². The third kappa shape index (κ3) is 5.78. The summed E-state index contributed by atoms with van der Waals surface area (Å²) in [5, 5.41) is 15.7. The lowest BCUT2D eigenvalue weighted by atomic mass is 9.72. The molecule has 2 aliphatic rings. The molecule has 2 aromatic rings. The van der Waals surface area contributed by atoms with Crippen LogP contribution in [0.1, 0.15) is 63.0 Å². The van der Waals surface area contributed by atoms with Crippen molar-refractivity contribution in [2.45, 2.75) is 63.9 Å². The lowest BCUT2D eigenvalue weighted by molar-refractivity contribution is -0.137. The number of amides is 1. The van der Waals surface area contributed by atoms with Crippen LogP contribution in [0.15, 0.2) is 42.5 Å². The van der Waals surface area contributed by atoms with Gasteiger partial charge in [0.1, 0.15) is 5.82 Å². The molecule has 3 atom stereocenters. The number of hydrogen-bond acceptors (Lipinski definition) is 3. The fourth-order valence-electron chi connectivity index (χ4n) is 6.02. The number of carbonyl (C=O) groups excluding carboxylic acids is 1. The topological polar surface area (TPSA) is 52.6 Å². The molecule has 1 radical (unpaired) electrons. The number of hydrogen-bond donors (Lipinski definition) is 2. The van der Waals surface area contributed by atoms with E-state index in [0.29, 0.717) is 42.9 Å². The molecule has 0 saturated carbocycles. The van der Waals surface area contributed by atoms with E-state index in [9.17, 15) is 9.90 Å². The van der Waals surface area contributed by atoms with Crippen molar-refractivity contribution in [3.05, 3.63) is 66.3 Å². The highest BCUT2D eigenvalue weighted by Gasteiger charge is 2.42. The van der Waals surface area contributed by atoms with Gasteiger partial charge in [0.25, 0.3) is 0 Å². The van der Waals surface area contributed by atoms with Gasteiger partial charge in [0, 0.05) is 31.0 Å². The summed E-state index contributed by atoms with van der Waals surface area (Å²) in [5.41, 5.74) is 1.74. The zero-order valence-corrected chi connectivity index (χ0v) is 21.1. The summed E-state index contributed by atoms with van der Waals surface area (Å²) in [6.07, 6.45) is 6.22. The van der Waals surface area contributed by atoms with Crippen LogP contribution in [0.25, 0.3) is 11.1 Å². The van der Waals surface area contributed by atoms with E-state index in [4.69, 9.17) is 0 Å². The summed E-state index contributed by atoms with van der Waals surface area (Å²) in [7, 11) is 0. The van der Waals surface area contributed by atoms with Crippen LogP contribution in [0.4, 0.5) is 4.39 Å². The predicted molar refractivity (Wildman–Crippen MR) is 139 cm³/mol. The minimum Gasteiger partial charge on any atom is -0.385 e. The molecule has 0 aromatic heterocycles. The Hall–Kier alpha value is -2.24. The maximum atomic E-state index is 15.4. The second kappa shape index (κ2) is 11.7. The minimum absolute atomic E-state index is 0.165. The summed E-state index contributed by atoms with van der Waals surface area (Å²) in [5.74, 6) is 0.0691. The van der Waals surface area contributed by atoms with E-state index in [1.807, 2.05) is 35.2 Å². The largest absolute Gasteiger partial charge is 0.385 e. The number of rotatable bonds is 8. The van der Waals surface area contributed by atoms with Crippen molar-refractivity contribution in [2.75, 3.05) is 26.2 Å². The van der Waals surface area contributed by atoms with Crippen molar-refractivity contribution in [3.8, 4) is 11.1 Å². The molecular weight excluding hydrogens is 439 g/mol. The average Bonchev–Trinajstić information content (AvgIpc) is 2.89. The van der Waals surface area contributed by atoms with Crippen molar-refractivity contribution < 1.29 is 14.3 Å². The molecular formula is C30H40FN2O2. The van der Waals surface area contributed by atoms with E-state index in [1.165, 1.54) is 6.07 Å². The highest BCUT2D eigenvalue weighted by atomic mass is 19.1. The van der Waals surface area contributed by atoms with Crippen molar-refractivity contribution in [2.24, 2.45) is 11.8 Å². The Kier molecular flexibility index (Phi) is 8.61. The number of likely N-dealkylation sites (tertiary alicyclic amines) is 1. The van der Waals surface area contributed by atoms with Gasteiger partial charge in [-0.2, -0.15) is 0 Å². The molecule has 0 aliphatic carbocycles. The number of nitrogens with one attached hydrogen (secondary N) is 1. The summed E-state index contributed by atoms with van der Waals surface area (Å²) < 4.78 is 15.4. The van der Waals surface area contributed by atoms with Gasteiger partial charge >= 0.3 is 0 Å². The van der Waals surface area contributed by atoms with Gasteiger partial charge in [-0.1, -0.05) is 56.7 Å². The quantitative estimate of drug-likeness (QED) is 0.527. The molecule has 2 fully saturated rings. The van der Waals surface area contributed by atoms with Gasteiger partial charge in [-0.05, 0) is 80.3 Å². The Morgan fingerprint density at radius 3 is 2.80 bits per heavy atom. The SMILES string of the molecule is [CH2]CCC(O)(c1cccc(F)c1-c1cccc(CC)c1)C1CCCN(C(=O)CC2CCCNC2)C1. The number of benzene rings is 2. The maximum Gasteiger partial charge on any atom is 0.222 e. The molecule has 2 saturated heterocycles. The van der Waals surface area contributed by atoms with E-state index < -0.39 is 5.60 Å². The lowest BCUT2D eigenvalue weighted by Gasteiger charge is -2.44. The molecule has 5 heteroatoms. The number of halogens is 1. The van der Waals surface area contributed by atoms with Crippen molar-refractivity contribution >= 4 is 5.91 Å². The van der Waals surface area contributed by atoms with Gasteiger partial charge in [-0.25, -0.2) is 4.39 Å². The molecule has 2 aliphatic heterocycles. The van der Waals surface area contributed by atoms with E-state index in [2.05, 4.69) is 19.2 Å². The molecule has 1 amide bonds. The first-order chi connectivity index (χ1) is 17.0. The maximum absolute atomic E-state index is 15.4. The third-order valence-corrected chi connectivity index (χ3v) is 7.97. The highest BCUT2D eigenvalue weighted by Crippen LogP contribution is 2.44. The first-order valence-corrected chi connectivity index (χ1v) is 13.3. The monoisotopic (exact) mass is 479 g/mol. The van der Waals surface area contributed by atoms with E-state index in [1.54, 1.807) is 6.07 Å². The molecule has 2 heterocycles. The number of carbonyl (C=O) groups is 1. The second-order valence-electron chi connectivity index (χ2n) is 10.3. The van der Waals surface area contributed by atoms with Gasteiger partial charge in [-0.3, -0.25) is 4.79 Å². The van der Waals surface area contributed by atoms with Gasteiger partial charge in [0.15, 0.2) is 0 Å². The van der Waals surface area contributed by atoms with Crippen LogP contribution in [0.3, 0.4) is 0 Å². The van der Waals surface area contributed by atoms with Gasteiger partial charge < -0.3 is 15.3 Å². The molecule has 4 rings (SSSR count). The van der Waals surface area contributed by atoms with Crippen molar-refractivity contribution in [3.63, 3.8) is 0 Å². The predicted octanol–water partition coefficient (Wildman–Crippen LogP) is 5.49. The molecule has 2 N–H and O–H groups in total. The summed E-state index contributed by atoms with van der Waals surface area (Å²) in [6.45, 7) is 9.28. The van der Waals surface area contributed by atoms with Crippen LogP contribution >= 0.6 is 0 Å². The molecule has 0 bridgehead atoms. The number of aliphatic hydroxyl groups is 1. The fourth-order valence-corrected chi connectivity index (χ4v) is 6.02. The summed E-state index contributed by atoms with van der Waals surface area (Å²) in [4.78, 5) is 15.1. The molecule has 3 unspecified atom stereocenters. The Morgan fingerprint density at radius 2 is 2.06 bits per heavy atom. The van der Waals surface area contributed by atoms with Crippen LogP contribution in [-0.4, -0.2) is 42.1 Å². The number of piperidine rings is 2. The zero-order valence-electron chi connectivity index (χ0n) is 21.1. The van der Waals surface area contributed by atoms with Gasteiger partial charge in [-0.15, -0.1) is 0 Å². The van der Waals surface area contributed by atoms with E-state index >= 15 is 4.39 Å². The fraction of sp³-hybridized carbons (Fsp3) is 0.533. The van der Waals surface area contributed by atoms with E-state index in [0.717, 1.165) is 62.9 Å². The zero-order chi connectivity index (χ0) is 24.8. The lowest BCUT2D eigenvalue weighted by Crippen LogP contribution is -2.49. The Balaban J connectivity index is 1.64. The molecule has 0 spiro atoms. The van der Waals surface area contributed by atoms with Crippen LogP contribution < -0.4 is 5.32 Å². The van der Waals surface area contributed by atoms with Crippen molar-refractivity contribution in [1.82, 2.24) is 10.2 Å². The van der Waals surface area contributed by atoms with Crippen molar-refractivity contribution in [1.29, 1.82) is 0 Å². The third-order valence-electron chi connectivity index (χ3n) is 7.97. The van der Waals surface area contributed by atoms with E-state index in [-0.39, 0.29) is 17.6 Å². The average molecular weight is 480 g/mol. The van der Waals surface area contributed by atoms with Gasteiger partial charge in [0.2, 0.25) is 5.91 Å². The summed E-state index contributed by atoms with van der Waals surface area (Å²) >= 11 is 0. The second-order valence-corrected chi connectivity index (χ2v) is 10.3. The van der Waals surface area contributed by atoms with Crippen LogP contribution in [0.2, 0.25) is 0 Å². The highest BCUT2D eigenvalue weighted by molar-refractivity contribution is 5.76.